The maximum absolute atomic E-state index is 14.8. The van der Waals surface area contributed by atoms with Gasteiger partial charge < -0.3 is 9.64 Å². The number of Topliss-reactive ketones (excluding diaryl/α,β-unsaturated/α-hetero) is 1. The molecule has 1 aromatic rings. The van der Waals surface area contributed by atoms with Crippen LogP contribution < -0.4 is 15.2 Å². The number of carbonyl (C=O) groups excluding carboxylic acids is 2. The Labute approximate surface area is 181 Å². The van der Waals surface area contributed by atoms with Crippen LogP contribution in [0.4, 0.5) is 33.7 Å². The molecule has 1 N–H and O–H groups in total. The van der Waals surface area contributed by atoms with Gasteiger partial charge in [0.05, 0.1) is 18.5 Å². The summed E-state index contributed by atoms with van der Waals surface area (Å²) in [5.41, 5.74) is 2.19. The maximum Gasteiger partial charge on any atom is 0.414 e. The molecule has 14 heteroatoms. The summed E-state index contributed by atoms with van der Waals surface area (Å²) in [6, 6.07) is 1.89. The van der Waals surface area contributed by atoms with Gasteiger partial charge in [0.15, 0.2) is 17.4 Å². The van der Waals surface area contributed by atoms with Crippen LogP contribution in [0.1, 0.15) is 12.8 Å². The Morgan fingerprint density at radius 3 is 2.47 bits per heavy atom. The van der Waals surface area contributed by atoms with Gasteiger partial charge in [-0.3, -0.25) is 9.69 Å². The number of amides is 1. The molecule has 1 atom stereocenters. The fourth-order valence-electron chi connectivity index (χ4n) is 3.52. The molecule has 0 spiro atoms. The SMILES string of the molecule is CS(=O)(=O)N1CCN(c2c(F)cc(N3C[C@H](CCC(=O)C(F)F)OC3=O)cc2F)CCN1. The van der Waals surface area contributed by atoms with E-state index in [0.29, 0.717) is 0 Å². The van der Waals surface area contributed by atoms with Crippen LogP contribution in [0.3, 0.4) is 0 Å². The number of ether oxygens (including phenoxy) is 1. The van der Waals surface area contributed by atoms with Crippen molar-refractivity contribution < 1.29 is 40.3 Å². The van der Waals surface area contributed by atoms with E-state index in [0.717, 1.165) is 27.7 Å². The van der Waals surface area contributed by atoms with Gasteiger partial charge in [-0.2, -0.15) is 0 Å². The average Bonchev–Trinajstić information content (AvgIpc) is 2.89. The second kappa shape index (κ2) is 9.58. The Morgan fingerprint density at radius 1 is 1.22 bits per heavy atom. The van der Waals surface area contributed by atoms with Crippen LogP contribution in [0.5, 0.6) is 0 Å². The highest BCUT2D eigenvalue weighted by molar-refractivity contribution is 7.88. The predicted octanol–water partition coefficient (Wildman–Crippen LogP) is 1.49. The fourth-order valence-corrected chi connectivity index (χ4v) is 4.26. The lowest BCUT2D eigenvalue weighted by Gasteiger charge is -2.24. The number of benzene rings is 1. The minimum Gasteiger partial charge on any atom is -0.444 e. The standard InChI is InChI=1S/C18H22F4N4O5S/c1-32(29,30)26-7-6-24(5-4-23-26)16-13(19)8-11(9-14(16)20)25-10-12(31-18(25)28)2-3-15(27)17(21)22/h8-9,12,17,23H,2-7,10H2,1H3/t12-/m0/s1. The van der Waals surface area contributed by atoms with Gasteiger partial charge in [0, 0.05) is 44.7 Å². The summed E-state index contributed by atoms with van der Waals surface area (Å²) in [4.78, 5) is 25.5. The first-order valence-corrected chi connectivity index (χ1v) is 11.6. The number of ketones is 1. The molecule has 32 heavy (non-hydrogen) atoms. The summed E-state index contributed by atoms with van der Waals surface area (Å²) in [7, 11) is -3.53. The molecule has 0 bridgehead atoms. The number of halogens is 4. The Balaban J connectivity index is 1.72. The number of nitrogens with one attached hydrogen (secondary N) is 1. The van der Waals surface area contributed by atoms with Crippen molar-refractivity contribution in [3.63, 3.8) is 0 Å². The first-order chi connectivity index (χ1) is 15.0. The molecule has 3 rings (SSSR count). The van der Waals surface area contributed by atoms with E-state index in [9.17, 15) is 35.6 Å². The molecular weight excluding hydrogens is 460 g/mol. The monoisotopic (exact) mass is 482 g/mol. The van der Waals surface area contributed by atoms with E-state index >= 15 is 0 Å². The summed E-state index contributed by atoms with van der Waals surface area (Å²) >= 11 is 0. The number of anilines is 2. The number of hydrogen-bond acceptors (Lipinski definition) is 7. The average molecular weight is 482 g/mol. The zero-order valence-electron chi connectivity index (χ0n) is 17.1. The largest absolute Gasteiger partial charge is 0.444 e. The molecule has 0 saturated carbocycles. The van der Waals surface area contributed by atoms with E-state index in [1.165, 1.54) is 4.90 Å². The second-order valence-corrected chi connectivity index (χ2v) is 9.32. The maximum atomic E-state index is 14.8. The van der Waals surface area contributed by atoms with Crippen molar-refractivity contribution in [3.8, 4) is 0 Å². The summed E-state index contributed by atoms with van der Waals surface area (Å²) in [6.07, 6.45) is -4.50. The van der Waals surface area contributed by atoms with Crippen molar-refractivity contribution in [1.82, 2.24) is 9.84 Å². The van der Waals surface area contributed by atoms with Crippen molar-refractivity contribution in [2.24, 2.45) is 0 Å². The smallest absolute Gasteiger partial charge is 0.414 e. The third kappa shape index (κ3) is 5.48. The summed E-state index contributed by atoms with van der Waals surface area (Å²) < 4.78 is 83.7. The molecule has 0 radical (unpaired) electrons. The number of nitrogens with zero attached hydrogens (tertiary/aromatic N) is 3. The van der Waals surface area contributed by atoms with Gasteiger partial charge in [0.2, 0.25) is 10.0 Å². The number of hydrazine groups is 1. The van der Waals surface area contributed by atoms with E-state index in [1.807, 2.05) is 0 Å². The second-order valence-electron chi connectivity index (χ2n) is 7.41. The minimum atomic E-state index is -3.53. The highest BCUT2D eigenvalue weighted by Crippen LogP contribution is 2.32. The lowest BCUT2D eigenvalue weighted by Crippen LogP contribution is -2.42. The Bertz CT molecular complexity index is 971. The number of rotatable bonds is 7. The molecule has 178 valence electrons. The van der Waals surface area contributed by atoms with Gasteiger partial charge in [0.1, 0.15) is 11.8 Å². The number of hydrogen-bond donors (Lipinski definition) is 1. The van der Waals surface area contributed by atoms with E-state index in [2.05, 4.69) is 5.43 Å². The zero-order valence-corrected chi connectivity index (χ0v) is 17.9. The normalized spacial score (nSPS) is 20.6. The fraction of sp³-hybridized carbons (Fsp3) is 0.556. The van der Waals surface area contributed by atoms with Crippen LogP contribution >= 0.6 is 0 Å². The molecule has 1 amide bonds. The molecule has 0 aromatic heterocycles. The van der Waals surface area contributed by atoms with Gasteiger partial charge in [-0.25, -0.2) is 36.2 Å². The molecule has 0 aliphatic carbocycles. The number of sulfonamides is 1. The highest BCUT2D eigenvalue weighted by atomic mass is 32.2. The van der Waals surface area contributed by atoms with Crippen LogP contribution in [0.15, 0.2) is 12.1 Å². The molecule has 1 aromatic carbocycles. The molecule has 2 saturated heterocycles. The number of carbonyl (C=O) groups is 2. The van der Waals surface area contributed by atoms with Crippen LogP contribution in [-0.4, -0.2) is 76.2 Å². The summed E-state index contributed by atoms with van der Waals surface area (Å²) in [5, 5.41) is 0. The molecular formula is C18H22F4N4O5S. The Morgan fingerprint density at radius 2 is 1.88 bits per heavy atom. The lowest BCUT2D eigenvalue weighted by molar-refractivity contribution is -0.129. The van der Waals surface area contributed by atoms with E-state index < -0.39 is 52.5 Å². The first-order valence-electron chi connectivity index (χ1n) is 9.71. The molecule has 0 unspecified atom stereocenters. The topological polar surface area (TPSA) is 99.3 Å². The van der Waals surface area contributed by atoms with E-state index in [4.69, 9.17) is 4.74 Å². The lowest BCUT2D eigenvalue weighted by atomic mass is 10.1. The molecule has 2 heterocycles. The van der Waals surface area contributed by atoms with Gasteiger partial charge in [0.25, 0.3) is 6.43 Å². The van der Waals surface area contributed by atoms with Gasteiger partial charge in [-0.05, 0) is 6.42 Å². The quantitative estimate of drug-likeness (QED) is 0.588. The van der Waals surface area contributed by atoms with E-state index in [-0.39, 0.29) is 50.5 Å². The minimum absolute atomic E-state index is 0.0270. The Hall–Kier alpha value is -2.45. The van der Waals surface area contributed by atoms with Crippen LogP contribution in [0.2, 0.25) is 0 Å². The molecule has 2 fully saturated rings. The van der Waals surface area contributed by atoms with Crippen molar-refractivity contribution in [3.05, 3.63) is 23.8 Å². The number of alkyl halides is 2. The molecule has 2 aliphatic rings. The van der Waals surface area contributed by atoms with Crippen molar-refractivity contribution in [2.45, 2.75) is 25.4 Å². The highest BCUT2D eigenvalue weighted by Gasteiger charge is 2.34. The van der Waals surface area contributed by atoms with Gasteiger partial charge >= 0.3 is 6.09 Å². The van der Waals surface area contributed by atoms with Gasteiger partial charge in [-0.15, -0.1) is 4.41 Å². The van der Waals surface area contributed by atoms with Crippen LogP contribution in [-0.2, 0) is 19.6 Å². The Kier molecular flexibility index (Phi) is 7.25. The zero-order chi connectivity index (χ0) is 23.6. The van der Waals surface area contributed by atoms with Crippen molar-refractivity contribution in [1.29, 1.82) is 0 Å². The third-order valence-corrected chi connectivity index (χ3v) is 6.22. The van der Waals surface area contributed by atoms with Crippen LogP contribution in [0, 0.1) is 11.6 Å². The van der Waals surface area contributed by atoms with Crippen LogP contribution in [0.25, 0.3) is 0 Å². The third-order valence-electron chi connectivity index (χ3n) is 5.10. The number of cyclic esters (lactones) is 1. The summed E-state index contributed by atoms with van der Waals surface area (Å²) in [6.45, 7) is 0.108. The van der Waals surface area contributed by atoms with Crippen molar-refractivity contribution >= 4 is 33.3 Å². The summed E-state index contributed by atoms with van der Waals surface area (Å²) in [5.74, 6) is -3.20. The molecule has 9 nitrogen and oxygen atoms in total. The predicted molar refractivity (Wildman–Crippen MR) is 106 cm³/mol. The first kappa shape index (κ1) is 24.2. The molecule has 2 aliphatic heterocycles. The van der Waals surface area contributed by atoms with E-state index in [1.54, 1.807) is 0 Å². The van der Waals surface area contributed by atoms with Gasteiger partial charge in [-0.1, -0.05) is 0 Å². The van der Waals surface area contributed by atoms with Crippen molar-refractivity contribution in [2.75, 3.05) is 48.8 Å².